The molecule has 0 aliphatic rings. The molecule has 0 saturated heterocycles. The summed E-state index contributed by atoms with van der Waals surface area (Å²) in [6.07, 6.45) is 0.989. The highest BCUT2D eigenvalue weighted by Gasteiger charge is 2.10. The molecule has 0 saturated carbocycles. The van der Waals surface area contributed by atoms with E-state index in [0.717, 1.165) is 0 Å². The Morgan fingerprint density at radius 1 is 1.30 bits per heavy atom. The molecule has 110 valence electrons. The van der Waals surface area contributed by atoms with Gasteiger partial charge in [0.05, 0.1) is 25.0 Å². The fourth-order valence-electron chi connectivity index (χ4n) is 1.53. The summed E-state index contributed by atoms with van der Waals surface area (Å²) in [5.41, 5.74) is 6.59. The van der Waals surface area contributed by atoms with Crippen molar-refractivity contribution in [2.75, 3.05) is 33.5 Å². The van der Waals surface area contributed by atoms with E-state index in [1.54, 1.807) is 26.2 Å². The molecule has 0 heterocycles. The lowest BCUT2D eigenvalue weighted by molar-refractivity contribution is -0.128. The molecule has 1 rings (SSSR count). The number of rotatable bonds is 6. The first-order valence-electron chi connectivity index (χ1n) is 6.26. The van der Waals surface area contributed by atoms with Crippen molar-refractivity contribution in [3.8, 4) is 5.75 Å². The van der Waals surface area contributed by atoms with Crippen molar-refractivity contribution in [2.45, 2.75) is 12.8 Å². The van der Waals surface area contributed by atoms with Gasteiger partial charge in [-0.25, -0.2) is 4.79 Å². The fourth-order valence-corrected chi connectivity index (χ4v) is 1.53. The number of benzene rings is 1. The maximum Gasteiger partial charge on any atom is 0.337 e. The molecule has 0 aliphatic heterocycles. The predicted octanol–water partition coefficient (Wildman–Crippen LogP) is 1.30. The van der Waals surface area contributed by atoms with Crippen LogP contribution in [0.3, 0.4) is 0 Å². The molecule has 0 unspecified atom stereocenters. The third-order valence-electron chi connectivity index (χ3n) is 2.73. The van der Waals surface area contributed by atoms with Gasteiger partial charge in [-0.05, 0) is 24.6 Å². The standard InChI is InChI=1S/C14H20N2O4/c1-16(2)13(17)5-4-8-20-12-9-10(14(18)19-3)6-7-11(12)15/h6-7,9H,4-5,8,15H2,1-3H3. The number of esters is 1. The maximum absolute atomic E-state index is 11.4. The van der Waals surface area contributed by atoms with E-state index in [0.29, 0.717) is 36.4 Å². The molecule has 0 spiro atoms. The zero-order valence-electron chi connectivity index (χ0n) is 12.0. The first-order chi connectivity index (χ1) is 9.45. The van der Waals surface area contributed by atoms with E-state index in [-0.39, 0.29) is 5.91 Å². The molecule has 1 aromatic rings. The third-order valence-corrected chi connectivity index (χ3v) is 2.73. The van der Waals surface area contributed by atoms with Gasteiger partial charge in [0.1, 0.15) is 5.75 Å². The minimum absolute atomic E-state index is 0.0462. The van der Waals surface area contributed by atoms with Crippen LogP contribution in [0.2, 0.25) is 0 Å². The average Bonchev–Trinajstić information content (AvgIpc) is 2.43. The summed E-state index contributed by atoms with van der Waals surface area (Å²) in [5, 5.41) is 0. The molecule has 6 heteroatoms. The largest absolute Gasteiger partial charge is 0.491 e. The number of anilines is 1. The van der Waals surface area contributed by atoms with E-state index >= 15 is 0 Å². The second-order valence-electron chi connectivity index (χ2n) is 4.48. The lowest BCUT2D eigenvalue weighted by Gasteiger charge is -2.12. The van der Waals surface area contributed by atoms with Crippen LogP contribution in [0.15, 0.2) is 18.2 Å². The predicted molar refractivity (Wildman–Crippen MR) is 75.6 cm³/mol. The molecule has 1 amide bonds. The number of methoxy groups -OCH3 is 1. The summed E-state index contributed by atoms with van der Waals surface area (Å²) in [6.45, 7) is 0.356. The maximum atomic E-state index is 11.4. The number of nitrogens with two attached hydrogens (primary N) is 1. The van der Waals surface area contributed by atoms with Crippen LogP contribution >= 0.6 is 0 Å². The van der Waals surface area contributed by atoms with Gasteiger partial charge in [-0.15, -0.1) is 0 Å². The highest BCUT2D eigenvalue weighted by Crippen LogP contribution is 2.23. The van der Waals surface area contributed by atoms with Gasteiger partial charge in [-0.1, -0.05) is 0 Å². The minimum Gasteiger partial charge on any atom is -0.491 e. The second kappa shape index (κ2) is 7.37. The van der Waals surface area contributed by atoms with E-state index in [2.05, 4.69) is 4.74 Å². The Morgan fingerprint density at radius 2 is 2.00 bits per heavy atom. The topological polar surface area (TPSA) is 81.9 Å². The number of amides is 1. The Labute approximate surface area is 118 Å². The van der Waals surface area contributed by atoms with E-state index in [1.807, 2.05) is 0 Å². The van der Waals surface area contributed by atoms with Crippen LogP contribution in [-0.4, -0.2) is 44.6 Å². The van der Waals surface area contributed by atoms with Gasteiger partial charge in [0, 0.05) is 20.5 Å². The quantitative estimate of drug-likeness (QED) is 0.482. The Bertz CT molecular complexity index is 486. The smallest absolute Gasteiger partial charge is 0.337 e. The van der Waals surface area contributed by atoms with Crippen LogP contribution in [-0.2, 0) is 9.53 Å². The second-order valence-corrected chi connectivity index (χ2v) is 4.48. The van der Waals surface area contributed by atoms with Gasteiger partial charge in [-0.2, -0.15) is 0 Å². The van der Waals surface area contributed by atoms with Crippen LogP contribution in [0.1, 0.15) is 23.2 Å². The molecule has 0 aliphatic carbocycles. The first-order valence-corrected chi connectivity index (χ1v) is 6.26. The highest BCUT2D eigenvalue weighted by molar-refractivity contribution is 5.90. The Balaban J connectivity index is 2.55. The first kappa shape index (κ1) is 15.8. The Kier molecular flexibility index (Phi) is 5.83. The summed E-state index contributed by atoms with van der Waals surface area (Å²) in [4.78, 5) is 24.3. The van der Waals surface area contributed by atoms with E-state index in [9.17, 15) is 9.59 Å². The van der Waals surface area contributed by atoms with Crippen LogP contribution in [0.25, 0.3) is 0 Å². The molecular formula is C14H20N2O4. The van der Waals surface area contributed by atoms with E-state index < -0.39 is 5.97 Å². The van der Waals surface area contributed by atoms with Gasteiger partial charge in [0.15, 0.2) is 0 Å². The van der Waals surface area contributed by atoms with E-state index in [1.165, 1.54) is 18.1 Å². The van der Waals surface area contributed by atoms with Crippen LogP contribution in [0.4, 0.5) is 5.69 Å². The van der Waals surface area contributed by atoms with Gasteiger partial charge < -0.3 is 20.1 Å². The van der Waals surface area contributed by atoms with Crippen molar-refractivity contribution in [2.24, 2.45) is 0 Å². The van der Waals surface area contributed by atoms with Crippen molar-refractivity contribution in [3.63, 3.8) is 0 Å². The van der Waals surface area contributed by atoms with Crippen molar-refractivity contribution in [1.82, 2.24) is 4.90 Å². The molecule has 0 atom stereocenters. The minimum atomic E-state index is -0.447. The van der Waals surface area contributed by atoms with Gasteiger partial charge in [-0.3, -0.25) is 4.79 Å². The number of hydrogen-bond acceptors (Lipinski definition) is 5. The summed E-state index contributed by atoms with van der Waals surface area (Å²) in [6, 6.07) is 4.70. The molecule has 0 aromatic heterocycles. The monoisotopic (exact) mass is 280 g/mol. The zero-order chi connectivity index (χ0) is 15.1. The molecule has 0 bridgehead atoms. The van der Waals surface area contributed by atoms with Crippen LogP contribution in [0.5, 0.6) is 5.75 Å². The number of hydrogen-bond donors (Lipinski definition) is 1. The van der Waals surface area contributed by atoms with E-state index in [4.69, 9.17) is 10.5 Å². The fraction of sp³-hybridized carbons (Fsp3) is 0.429. The lowest BCUT2D eigenvalue weighted by Crippen LogP contribution is -2.21. The number of carbonyl (C=O) groups is 2. The zero-order valence-corrected chi connectivity index (χ0v) is 12.0. The summed E-state index contributed by atoms with van der Waals surface area (Å²) < 4.78 is 10.1. The van der Waals surface area contributed by atoms with Gasteiger partial charge in [0.2, 0.25) is 5.91 Å². The molecule has 0 radical (unpaired) electrons. The van der Waals surface area contributed by atoms with Gasteiger partial charge in [0.25, 0.3) is 0 Å². The Morgan fingerprint density at radius 3 is 2.60 bits per heavy atom. The number of carbonyl (C=O) groups excluding carboxylic acids is 2. The molecule has 0 fully saturated rings. The Hall–Kier alpha value is -2.24. The van der Waals surface area contributed by atoms with Crippen LogP contribution in [0, 0.1) is 0 Å². The average molecular weight is 280 g/mol. The molecule has 6 nitrogen and oxygen atoms in total. The lowest BCUT2D eigenvalue weighted by atomic mass is 10.2. The molecule has 20 heavy (non-hydrogen) atoms. The SMILES string of the molecule is COC(=O)c1ccc(N)c(OCCCC(=O)N(C)C)c1. The highest BCUT2D eigenvalue weighted by atomic mass is 16.5. The summed E-state index contributed by atoms with van der Waals surface area (Å²) in [5.74, 6) is 0.0210. The van der Waals surface area contributed by atoms with Crippen LogP contribution < -0.4 is 10.5 Å². The number of nitrogens with zero attached hydrogens (tertiary/aromatic N) is 1. The van der Waals surface area contributed by atoms with Crippen molar-refractivity contribution < 1.29 is 19.1 Å². The summed E-state index contributed by atoms with van der Waals surface area (Å²) in [7, 11) is 4.73. The summed E-state index contributed by atoms with van der Waals surface area (Å²) >= 11 is 0. The van der Waals surface area contributed by atoms with Crippen molar-refractivity contribution in [3.05, 3.63) is 23.8 Å². The van der Waals surface area contributed by atoms with Gasteiger partial charge >= 0.3 is 5.97 Å². The van der Waals surface area contributed by atoms with Crippen molar-refractivity contribution >= 4 is 17.6 Å². The number of nitrogen functional groups attached to an aromatic ring is 1. The molecular weight excluding hydrogens is 260 g/mol. The normalized spacial score (nSPS) is 9.95. The number of ether oxygens (including phenoxy) is 2. The third kappa shape index (κ3) is 4.46. The molecule has 1 aromatic carbocycles. The molecule has 2 N–H and O–H groups in total. The van der Waals surface area contributed by atoms with Crippen molar-refractivity contribution in [1.29, 1.82) is 0 Å².